The molecule has 4 aromatic rings. The van der Waals surface area contributed by atoms with Crippen molar-refractivity contribution in [2.45, 2.75) is 37.2 Å². The van der Waals surface area contributed by atoms with Crippen molar-refractivity contribution in [1.82, 2.24) is 10.3 Å². The van der Waals surface area contributed by atoms with Gasteiger partial charge in [0, 0.05) is 42.0 Å². The number of aromatic nitrogens is 1. The van der Waals surface area contributed by atoms with Gasteiger partial charge in [-0.3, -0.25) is 14.1 Å². The third kappa shape index (κ3) is 8.18. The van der Waals surface area contributed by atoms with Gasteiger partial charge in [-0.15, -0.1) is 12.4 Å². The number of pyridine rings is 1. The quantitative estimate of drug-likeness (QED) is 0.172. The summed E-state index contributed by atoms with van der Waals surface area (Å²) in [5.74, 6) is -1.51. The SMILES string of the molecule is CC(c1ccccc1OCCCC(=O)NCc1cccnc1)N(c1cc(F)ccc1F)S(=O)(=O)c1ccc(Cl)cc1.Cl. The Morgan fingerprint density at radius 2 is 1.79 bits per heavy atom. The number of carbonyl (C=O) groups excluding carboxylic acids is 1. The van der Waals surface area contributed by atoms with Crippen LogP contribution >= 0.6 is 24.0 Å². The van der Waals surface area contributed by atoms with E-state index in [1.165, 1.54) is 24.3 Å². The van der Waals surface area contributed by atoms with Gasteiger partial charge in [0.05, 0.1) is 23.2 Å². The Morgan fingerprint density at radius 1 is 1.05 bits per heavy atom. The van der Waals surface area contributed by atoms with Crippen LogP contribution in [0, 0.1) is 11.6 Å². The number of para-hydroxylation sites is 1. The second-order valence-electron chi connectivity index (χ2n) is 9.15. The molecule has 7 nitrogen and oxygen atoms in total. The normalized spacial score (nSPS) is 11.7. The molecule has 0 aliphatic heterocycles. The summed E-state index contributed by atoms with van der Waals surface area (Å²) in [7, 11) is -4.38. The molecule has 1 N–H and O–H groups in total. The highest BCUT2D eigenvalue weighted by Gasteiger charge is 2.34. The first kappa shape index (κ1) is 32.8. The first-order valence-corrected chi connectivity index (χ1v) is 14.6. The Bertz CT molecular complexity index is 1590. The van der Waals surface area contributed by atoms with Crippen molar-refractivity contribution in [1.29, 1.82) is 0 Å². The van der Waals surface area contributed by atoms with Crippen LogP contribution in [0.5, 0.6) is 5.75 Å². The molecule has 1 aromatic heterocycles. The zero-order chi connectivity index (χ0) is 29.4. The van der Waals surface area contributed by atoms with Crippen LogP contribution in [-0.2, 0) is 21.4 Å². The van der Waals surface area contributed by atoms with E-state index in [0.29, 0.717) is 29.3 Å². The van der Waals surface area contributed by atoms with E-state index in [9.17, 15) is 17.6 Å². The number of nitrogens with zero attached hydrogens (tertiary/aromatic N) is 2. The lowest BCUT2D eigenvalue weighted by atomic mass is 10.1. The summed E-state index contributed by atoms with van der Waals surface area (Å²) in [5.41, 5.74) is 0.857. The summed E-state index contributed by atoms with van der Waals surface area (Å²) in [5, 5.41) is 3.15. The van der Waals surface area contributed by atoms with Crippen molar-refractivity contribution in [3.63, 3.8) is 0 Å². The molecule has 0 aliphatic rings. The first-order valence-electron chi connectivity index (χ1n) is 12.8. The number of nitrogens with one attached hydrogen (secondary N) is 1. The number of anilines is 1. The van der Waals surface area contributed by atoms with Gasteiger partial charge in [0.2, 0.25) is 5.91 Å². The molecule has 222 valence electrons. The molecule has 0 spiro atoms. The van der Waals surface area contributed by atoms with E-state index in [-0.39, 0.29) is 36.2 Å². The number of halogens is 4. The van der Waals surface area contributed by atoms with E-state index in [1.807, 2.05) is 6.07 Å². The molecule has 0 radical (unpaired) electrons. The molecule has 1 unspecified atom stereocenters. The number of carbonyl (C=O) groups is 1. The van der Waals surface area contributed by atoms with Gasteiger partial charge in [-0.2, -0.15) is 0 Å². The number of hydrogen-bond acceptors (Lipinski definition) is 5. The highest BCUT2D eigenvalue weighted by molar-refractivity contribution is 7.92. The zero-order valence-corrected chi connectivity index (χ0v) is 24.9. The minimum Gasteiger partial charge on any atom is -0.493 e. The number of sulfonamides is 1. The largest absolute Gasteiger partial charge is 0.493 e. The van der Waals surface area contributed by atoms with Gasteiger partial charge < -0.3 is 10.1 Å². The molecular formula is C30H29Cl2F2N3O4S. The van der Waals surface area contributed by atoms with Crippen molar-refractivity contribution < 1.29 is 26.7 Å². The molecule has 1 atom stereocenters. The van der Waals surface area contributed by atoms with Crippen molar-refractivity contribution in [3.8, 4) is 5.75 Å². The maximum Gasteiger partial charge on any atom is 0.264 e. The van der Waals surface area contributed by atoms with Crippen LogP contribution in [0.2, 0.25) is 5.02 Å². The fraction of sp³-hybridized carbons (Fsp3) is 0.200. The fourth-order valence-corrected chi connectivity index (χ4v) is 5.97. The van der Waals surface area contributed by atoms with Crippen molar-refractivity contribution >= 4 is 45.6 Å². The van der Waals surface area contributed by atoms with Gasteiger partial charge in [-0.05, 0) is 67.4 Å². The van der Waals surface area contributed by atoms with Crippen molar-refractivity contribution in [2.75, 3.05) is 10.9 Å². The van der Waals surface area contributed by atoms with E-state index in [1.54, 1.807) is 49.6 Å². The summed E-state index contributed by atoms with van der Waals surface area (Å²) in [4.78, 5) is 16.1. The molecular weight excluding hydrogens is 607 g/mol. The third-order valence-electron chi connectivity index (χ3n) is 6.26. The molecule has 0 aliphatic carbocycles. The van der Waals surface area contributed by atoms with E-state index in [2.05, 4.69) is 10.3 Å². The second-order valence-corrected chi connectivity index (χ2v) is 11.4. The van der Waals surface area contributed by atoms with E-state index < -0.39 is 33.4 Å². The highest BCUT2D eigenvalue weighted by atomic mass is 35.5. The molecule has 12 heteroatoms. The number of rotatable bonds is 12. The van der Waals surface area contributed by atoms with E-state index >= 15 is 4.39 Å². The Kier molecular flexibility index (Phi) is 11.7. The standard InChI is InChI=1S/C30H28ClF2N3O4S.ClH/c1-21(36(28-18-24(32)12-15-27(28)33)41(38,39)25-13-10-23(31)11-14-25)26-7-2-3-8-29(26)40-17-5-9-30(37)35-20-22-6-4-16-34-19-22;/h2-4,6-8,10-16,18-19,21H,5,9,17,20H2,1H3,(H,35,37);1H. The molecule has 1 heterocycles. The summed E-state index contributed by atoms with van der Waals surface area (Å²) < 4.78 is 63.7. The van der Waals surface area contributed by atoms with Crippen LogP contribution in [0.25, 0.3) is 0 Å². The molecule has 0 saturated heterocycles. The van der Waals surface area contributed by atoms with Gasteiger partial charge in [0.25, 0.3) is 10.0 Å². The molecule has 0 saturated carbocycles. The van der Waals surface area contributed by atoms with Crippen LogP contribution in [-0.4, -0.2) is 25.9 Å². The molecule has 0 bridgehead atoms. The summed E-state index contributed by atoms with van der Waals surface area (Å²) in [6.07, 6.45) is 3.94. The molecule has 1 amide bonds. The lowest BCUT2D eigenvalue weighted by Crippen LogP contribution is -2.34. The van der Waals surface area contributed by atoms with Crippen LogP contribution in [0.1, 0.15) is 36.9 Å². The molecule has 0 fully saturated rings. The van der Waals surface area contributed by atoms with Crippen LogP contribution in [0.4, 0.5) is 14.5 Å². The topological polar surface area (TPSA) is 88.6 Å². The Hall–Kier alpha value is -3.73. The Morgan fingerprint density at radius 3 is 2.50 bits per heavy atom. The lowest BCUT2D eigenvalue weighted by molar-refractivity contribution is -0.121. The minimum atomic E-state index is -4.38. The zero-order valence-electron chi connectivity index (χ0n) is 22.5. The smallest absolute Gasteiger partial charge is 0.264 e. The van der Waals surface area contributed by atoms with Gasteiger partial charge in [-0.1, -0.05) is 35.9 Å². The minimum absolute atomic E-state index is 0. The van der Waals surface area contributed by atoms with Crippen LogP contribution < -0.4 is 14.4 Å². The van der Waals surface area contributed by atoms with Crippen molar-refractivity contribution in [2.24, 2.45) is 0 Å². The monoisotopic (exact) mass is 635 g/mol. The summed E-state index contributed by atoms with van der Waals surface area (Å²) in [6.45, 7) is 2.09. The third-order valence-corrected chi connectivity index (χ3v) is 8.41. The van der Waals surface area contributed by atoms with Gasteiger partial charge in [0.1, 0.15) is 17.4 Å². The Labute approximate surface area is 255 Å². The number of ether oxygens (including phenoxy) is 1. The highest BCUT2D eigenvalue weighted by Crippen LogP contribution is 2.38. The average molecular weight is 637 g/mol. The Balaban J connectivity index is 0.00000484. The van der Waals surface area contributed by atoms with E-state index in [0.717, 1.165) is 28.1 Å². The number of benzene rings is 3. The second kappa shape index (κ2) is 14.9. The average Bonchev–Trinajstić information content (AvgIpc) is 2.97. The van der Waals surface area contributed by atoms with Gasteiger partial charge >= 0.3 is 0 Å². The van der Waals surface area contributed by atoms with Crippen LogP contribution in [0.15, 0.2) is 96.2 Å². The summed E-state index contributed by atoms with van der Waals surface area (Å²) >= 11 is 5.95. The first-order chi connectivity index (χ1) is 19.7. The predicted octanol–water partition coefficient (Wildman–Crippen LogP) is 6.87. The van der Waals surface area contributed by atoms with Gasteiger partial charge in [0.15, 0.2) is 0 Å². The predicted molar refractivity (Wildman–Crippen MR) is 160 cm³/mol. The molecule has 3 aromatic carbocycles. The number of amides is 1. The van der Waals surface area contributed by atoms with Gasteiger partial charge in [-0.25, -0.2) is 17.2 Å². The maximum absolute atomic E-state index is 15.0. The fourth-order valence-electron chi connectivity index (χ4n) is 4.21. The number of hydrogen-bond donors (Lipinski definition) is 1. The molecule has 42 heavy (non-hydrogen) atoms. The van der Waals surface area contributed by atoms with Crippen LogP contribution in [0.3, 0.4) is 0 Å². The molecule has 4 rings (SSSR count). The summed E-state index contributed by atoms with van der Waals surface area (Å²) in [6, 6.07) is 17.4. The van der Waals surface area contributed by atoms with E-state index in [4.69, 9.17) is 16.3 Å². The van der Waals surface area contributed by atoms with Crippen molar-refractivity contribution in [3.05, 3.63) is 119 Å². The lowest BCUT2D eigenvalue weighted by Gasteiger charge is -2.32. The maximum atomic E-state index is 15.0.